The van der Waals surface area contributed by atoms with E-state index in [9.17, 15) is 4.79 Å². The van der Waals surface area contributed by atoms with E-state index >= 15 is 0 Å². The summed E-state index contributed by atoms with van der Waals surface area (Å²) in [6.45, 7) is 1.89. The van der Waals surface area contributed by atoms with Crippen molar-refractivity contribution < 1.29 is 9.63 Å². The van der Waals surface area contributed by atoms with Crippen molar-refractivity contribution in [2.45, 2.75) is 45.4 Å². The molecule has 0 amide bonds. The van der Waals surface area contributed by atoms with Crippen LogP contribution in [0, 0.1) is 23.2 Å². The fourth-order valence-electron chi connectivity index (χ4n) is 5.30. The molecule has 4 fully saturated rings. The minimum absolute atomic E-state index is 0.0816. The van der Waals surface area contributed by atoms with Crippen molar-refractivity contribution in [3.8, 4) is 0 Å². The van der Waals surface area contributed by atoms with Gasteiger partial charge in [-0.05, 0) is 68.8 Å². The minimum Gasteiger partial charge on any atom is -0.317 e. The van der Waals surface area contributed by atoms with Crippen LogP contribution in [0.2, 0.25) is 0 Å². The molecule has 5 rings (SSSR count). The number of hydrogen-bond acceptors (Lipinski definition) is 3. The maximum absolute atomic E-state index is 12.7. The Balaban J connectivity index is 1.48. The SMILES string of the molecule is C/C(=N/OC(=O)C12CC3CC(CC(C3)C1)C2)c1ccccc1. The summed E-state index contributed by atoms with van der Waals surface area (Å²) >= 11 is 0. The first-order chi connectivity index (χ1) is 10.6. The highest BCUT2D eigenvalue weighted by Crippen LogP contribution is 2.60. The first-order valence-corrected chi connectivity index (χ1v) is 8.46. The minimum atomic E-state index is -0.227. The van der Waals surface area contributed by atoms with Crippen LogP contribution in [0.1, 0.15) is 51.0 Å². The molecule has 0 saturated heterocycles. The molecule has 0 spiro atoms. The third-order valence-electron chi connectivity index (χ3n) is 5.93. The quantitative estimate of drug-likeness (QED) is 0.477. The molecular formula is C19H23NO2. The molecule has 0 atom stereocenters. The molecule has 0 N–H and O–H groups in total. The van der Waals surface area contributed by atoms with Crippen LogP contribution in [-0.4, -0.2) is 11.7 Å². The largest absolute Gasteiger partial charge is 0.341 e. The van der Waals surface area contributed by atoms with Crippen molar-refractivity contribution in [1.82, 2.24) is 0 Å². The van der Waals surface area contributed by atoms with Gasteiger partial charge in [0.05, 0.1) is 11.1 Å². The summed E-state index contributed by atoms with van der Waals surface area (Å²) in [5.74, 6) is 2.16. The summed E-state index contributed by atoms with van der Waals surface area (Å²) in [6, 6.07) is 9.87. The standard InChI is InChI=1S/C19H23NO2/c1-13(17-5-3-2-4-6-17)20-22-18(21)19-10-14-7-15(11-19)9-16(8-14)12-19/h2-6,14-16H,7-12H2,1H3/b20-13-. The summed E-state index contributed by atoms with van der Waals surface area (Å²) in [7, 11) is 0. The molecule has 3 nitrogen and oxygen atoms in total. The van der Waals surface area contributed by atoms with Gasteiger partial charge < -0.3 is 4.84 Å². The van der Waals surface area contributed by atoms with Crippen LogP contribution in [-0.2, 0) is 9.63 Å². The predicted octanol–water partition coefficient (Wildman–Crippen LogP) is 4.17. The van der Waals surface area contributed by atoms with Gasteiger partial charge in [-0.25, -0.2) is 4.79 Å². The summed E-state index contributed by atoms with van der Waals surface area (Å²) in [4.78, 5) is 18.1. The van der Waals surface area contributed by atoms with E-state index in [0.717, 1.165) is 48.3 Å². The molecule has 0 unspecified atom stereocenters. The first kappa shape index (κ1) is 14.0. The monoisotopic (exact) mass is 297 g/mol. The van der Waals surface area contributed by atoms with E-state index in [1.807, 2.05) is 37.3 Å². The number of rotatable bonds is 3. The average Bonchev–Trinajstić information content (AvgIpc) is 2.51. The van der Waals surface area contributed by atoms with Crippen LogP contribution in [0.4, 0.5) is 0 Å². The molecule has 4 bridgehead atoms. The summed E-state index contributed by atoms with van der Waals surface area (Å²) in [5.41, 5.74) is 1.54. The van der Waals surface area contributed by atoms with Gasteiger partial charge in [0, 0.05) is 0 Å². The molecule has 3 heteroatoms. The molecule has 0 aromatic heterocycles. The van der Waals surface area contributed by atoms with Crippen LogP contribution in [0.5, 0.6) is 0 Å². The third kappa shape index (κ3) is 2.37. The van der Waals surface area contributed by atoms with Gasteiger partial charge in [0.25, 0.3) is 0 Å². The molecule has 0 radical (unpaired) electrons. The van der Waals surface area contributed by atoms with Gasteiger partial charge in [0.2, 0.25) is 0 Å². The Morgan fingerprint density at radius 3 is 2.14 bits per heavy atom. The molecule has 4 aliphatic rings. The summed E-state index contributed by atoms with van der Waals surface area (Å²) in [5, 5.41) is 4.12. The van der Waals surface area contributed by atoms with Crippen LogP contribution in [0.3, 0.4) is 0 Å². The Kier molecular flexibility index (Phi) is 3.32. The van der Waals surface area contributed by atoms with E-state index in [4.69, 9.17) is 4.84 Å². The molecule has 4 saturated carbocycles. The average molecular weight is 297 g/mol. The van der Waals surface area contributed by atoms with Gasteiger partial charge in [-0.1, -0.05) is 35.5 Å². The lowest BCUT2D eigenvalue weighted by Gasteiger charge is -2.54. The molecule has 116 valence electrons. The lowest BCUT2D eigenvalue weighted by Crippen LogP contribution is -2.50. The molecule has 22 heavy (non-hydrogen) atoms. The molecule has 0 heterocycles. The smallest absolute Gasteiger partial charge is 0.317 e. The Hall–Kier alpha value is -1.64. The maximum atomic E-state index is 12.7. The van der Waals surface area contributed by atoms with E-state index in [1.54, 1.807) is 0 Å². The van der Waals surface area contributed by atoms with E-state index in [2.05, 4.69) is 5.16 Å². The zero-order chi connectivity index (χ0) is 15.2. The topological polar surface area (TPSA) is 38.7 Å². The van der Waals surface area contributed by atoms with Gasteiger partial charge in [-0.2, -0.15) is 0 Å². The summed E-state index contributed by atoms with van der Waals surface area (Å²) in [6.07, 6.45) is 7.07. The number of hydrogen-bond donors (Lipinski definition) is 0. The fraction of sp³-hybridized carbons (Fsp3) is 0.579. The molecule has 1 aromatic rings. The van der Waals surface area contributed by atoms with E-state index in [0.29, 0.717) is 0 Å². The second-order valence-electron chi connectivity index (χ2n) is 7.62. The lowest BCUT2D eigenvalue weighted by molar-refractivity contribution is -0.171. The van der Waals surface area contributed by atoms with Crippen LogP contribution in [0.15, 0.2) is 35.5 Å². The van der Waals surface area contributed by atoms with Crippen LogP contribution in [0.25, 0.3) is 0 Å². The number of oxime groups is 1. The van der Waals surface area contributed by atoms with Crippen LogP contribution < -0.4 is 0 Å². The lowest BCUT2D eigenvalue weighted by atomic mass is 9.49. The Morgan fingerprint density at radius 1 is 1.05 bits per heavy atom. The van der Waals surface area contributed by atoms with Crippen molar-refractivity contribution in [1.29, 1.82) is 0 Å². The van der Waals surface area contributed by atoms with E-state index in [1.165, 1.54) is 19.3 Å². The Labute approximate surface area is 131 Å². The van der Waals surface area contributed by atoms with Gasteiger partial charge in [0.1, 0.15) is 0 Å². The molecular weight excluding hydrogens is 274 g/mol. The van der Waals surface area contributed by atoms with Crippen molar-refractivity contribution in [3.05, 3.63) is 35.9 Å². The second-order valence-corrected chi connectivity index (χ2v) is 7.62. The van der Waals surface area contributed by atoms with Crippen molar-refractivity contribution in [2.75, 3.05) is 0 Å². The normalized spacial score (nSPS) is 36.4. The molecule has 4 aliphatic carbocycles. The third-order valence-corrected chi connectivity index (χ3v) is 5.93. The predicted molar refractivity (Wildman–Crippen MR) is 85.4 cm³/mol. The number of carbonyl (C=O) groups is 1. The van der Waals surface area contributed by atoms with Crippen molar-refractivity contribution in [3.63, 3.8) is 0 Å². The van der Waals surface area contributed by atoms with Gasteiger partial charge in [-0.3, -0.25) is 0 Å². The number of benzene rings is 1. The molecule has 1 aromatic carbocycles. The maximum Gasteiger partial charge on any atom is 0.341 e. The molecule has 0 aliphatic heterocycles. The fourth-order valence-corrected chi connectivity index (χ4v) is 5.30. The van der Waals surface area contributed by atoms with Crippen molar-refractivity contribution in [2.24, 2.45) is 28.3 Å². The number of carbonyl (C=O) groups excluding carboxylic acids is 1. The van der Waals surface area contributed by atoms with Crippen LogP contribution >= 0.6 is 0 Å². The van der Waals surface area contributed by atoms with Gasteiger partial charge in [-0.15, -0.1) is 0 Å². The van der Waals surface area contributed by atoms with Crippen molar-refractivity contribution >= 4 is 11.7 Å². The van der Waals surface area contributed by atoms with E-state index in [-0.39, 0.29) is 11.4 Å². The highest BCUT2D eigenvalue weighted by molar-refractivity contribution is 5.98. The highest BCUT2D eigenvalue weighted by Gasteiger charge is 2.55. The zero-order valence-electron chi connectivity index (χ0n) is 13.1. The first-order valence-electron chi connectivity index (χ1n) is 8.46. The number of nitrogens with zero attached hydrogens (tertiary/aromatic N) is 1. The van der Waals surface area contributed by atoms with Gasteiger partial charge in [0.15, 0.2) is 0 Å². The van der Waals surface area contributed by atoms with Gasteiger partial charge >= 0.3 is 5.97 Å². The highest BCUT2D eigenvalue weighted by atomic mass is 16.7. The summed E-state index contributed by atoms with van der Waals surface area (Å²) < 4.78 is 0. The Morgan fingerprint density at radius 2 is 1.59 bits per heavy atom. The van der Waals surface area contributed by atoms with E-state index < -0.39 is 0 Å². The Bertz CT molecular complexity index is 570. The second kappa shape index (κ2) is 5.22. The zero-order valence-corrected chi connectivity index (χ0v) is 13.1.